The second kappa shape index (κ2) is 8.26. The van der Waals surface area contributed by atoms with E-state index in [1.807, 2.05) is 24.3 Å². The molecule has 0 unspecified atom stereocenters. The number of carbonyl (C=O) groups excluding carboxylic acids is 2. The Labute approximate surface area is 156 Å². The fourth-order valence-electron chi connectivity index (χ4n) is 2.75. The van der Waals surface area contributed by atoms with Gasteiger partial charge in [-0.2, -0.15) is 0 Å². The van der Waals surface area contributed by atoms with Gasteiger partial charge in [0, 0.05) is 41.5 Å². The number of benzene rings is 1. The summed E-state index contributed by atoms with van der Waals surface area (Å²) in [7, 11) is 0. The maximum Gasteiger partial charge on any atom is 0.238 e. The van der Waals surface area contributed by atoms with Gasteiger partial charge in [0.15, 0.2) is 0 Å². The number of anilines is 1. The SMILES string of the molecule is O=C(CN1CCN(CC(=O)NC2CC2)CC1)Nc1ccc(I)cc1. The van der Waals surface area contributed by atoms with Crippen LogP contribution in [0, 0.1) is 3.57 Å². The topological polar surface area (TPSA) is 64.7 Å². The summed E-state index contributed by atoms with van der Waals surface area (Å²) < 4.78 is 1.15. The minimum Gasteiger partial charge on any atom is -0.352 e. The first-order valence-corrected chi connectivity index (χ1v) is 9.46. The monoisotopic (exact) mass is 442 g/mol. The maximum atomic E-state index is 12.1. The van der Waals surface area contributed by atoms with E-state index in [2.05, 4.69) is 43.0 Å². The molecule has 2 fully saturated rings. The number of hydrogen-bond acceptors (Lipinski definition) is 4. The zero-order valence-corrected chi connectivity index (χ0v) is 15.8. The summed E-state index contributed by atoms with van der Waals surface area (Å²) in [5.74, 6) is 0.138. The molecule has 24 heavy (non-hydrogen) atoms. The highest BCUT2D eigenvalue weighted by molar-refractivity contribution is 14.1. The average molecular weight is 442 g/mol. The van der Waals surface area contributed by atoms with E-state index in [0.29, 0.717) is 19.1 Å². The summed E-state index contributed by atoms with van der Waals surface area (Å²) in [4.78, 5) is 28.2. The average Bonchev–Trinajstić information content (AvgIpc) is 3.35. The molecule has 0 bridgehead atoms. The van der Waals surface area contributed by atoms with Crippen molar-refractivity contribution in [3.8, 4) is 0 Å². The lowest BCUT2D eigenvalue weighted by Gasteiger charge is -2.33. The van der Waals surface area contributed by atoms with E-state index in [9.17, 15) is 9.59 Å². The molecule has 1 saturated carbocycles. The molecule has 2 amide bonds. The van der Waals surface area contributed by atoms with Gasteiger partial charge in [-0.3, -0.25) is 19.4 Å². The number of halogens is 1. The summed E-state index contributed by atoms with van der Waals surface area (Å²) in [5.41, 5.74) is 0.829. The number of hydrogen-bond donors (Lipinski definition) is 2. The Bertz CT molecular complexity index is 581. The molecular formula is C17H23IN4O2. The molecule has 1 aromatic carbocycles. The second-order valence-electron chi connectivity index (χ2n) is 6.45. The van der Waals surface area contributed by atoms with Gasteiger partial charge in [-0.1, -0.05) is 0 Å². The minimum atomic E-state index is 0.0103. The summed E-state index contributed by atoms with van der Waals surface area (Å²) in [6, 6.07) is 8.19. The van der Waals surface area contributed by atoms with Crippen molar-refractivity contribution in [3.05, 3.63) is 27.8 Å². The zero-order valence-electron chi connectivity index (χ0n) is 13.6. The molecule has 0 radical (unpaired) electrons. The third kappa shape index (κ3) is 5.71. The summed E-state index contributed by atoms with van der Waals surface area (Å²) >= 11 is 2.24. The van der Waals surface area contributed by atoms with E-state index in [1.54, 1.807) is 0 Å². The van der Waals surface area contributed by atoms with Gasteiger partial charge in [0.1, 0.15) is 0 Å². The molecule has 1 aliphatic heterocycles. The van der Waals surface area contributed by atoms with Gasteiger partial charge >= 0.3 is 0 Å². The Hall–Kier alpha value is -1.19. The Morgan fingerprint density at radius 3 is 2.04 bits per heavy atom. The highest BCUT2D eigenvalue weighted by Gasteiger charge is 2.25. The first kappa shape index (κ1) is 17.6. The van der Waals surface area contributed by atoms with Gasteiger partial charge in [-0.15, -0.1) is 0 Å². The largest absolute Gasteiger partial charge is 0.352 e. The molecule has 6 nitrogen and oxygen atoms in total. The van der Waals surface area contributed by atoms with Crippen LogP contribution in [0.2, 0.25) is 0 Å². The van der Waals surface area contributed by atoms with E-state index in [1.165, 1.54) is 0 Å². The number of carbonyl (C=O) groups is 2. The third-order valence-corrected chi connectivity index (χ3v) is 4.99. The third-order valence-electron chi connectivity index (χ3n) is 4.27. The van der Waals surface area contributed by atoms with Crippen LogP contribution in [0.15, 0.2) is 24.3 Å². The van der Waals surface area contributed by atoms with E-state index in [0.717, 1.165) is 48.3 Å². The van der Waals surface area contributed by atoms with Crippen LogP contribution in [-0.4, -0.2) is 66.9 Å². The van der Waals surface area contributed by atoms with E-state index >= 15 is 0 Å². The van der Waals surface area contributed by atoms with Crippen LogP contribution < -0.4 is 10.6 Å². The fourth-order valence-corrected chi connectivity index (χ4v) is 3.11. The van der Waals surface area contributed by atoms with Crippen molar-refractivity contribution in [3.63, 3.8) is 0 Å². The normalized spacial score (nSPS) is 19.0. The predicted molar refractivity (Wildman–Crippen MR) is 102 cm³/mol. The minimum absolute atomic E-state index is 0.0103. The van der Waals surface area contributed by atoms with Crippen molar-refractivity contribution in [2.75, 3.05) is 44.6 Å². The molecule has 0 spiro atoms. The van der Waals surface area contributed by atoms with Crippen molar-refractivity contribution >= 4 is 40.1 Å². The highest BCUT2D eigenvalue weighted by Crippen LogP contribution is 2.18. The fraction of sp³-hybridized carbons (Fsp3) is 0.529. The Morgan fingerprint density at radius 2 is 1.50 bits per heavy atom. The molecule has 0 aromatic heterocycles. The van der Waals surface area contributed by atoms with Crippen LogP contribution in [0.25, 0.3) is 0 Å². The van der Waals surface area contributed by atoms with Crippen LogP contribution in [0.4, 0.5) is 5.69 Å². The molecule has 2 N–H and O–H groups in total. The summed E-state index contributed by atoms with van der Waals surface area (Å²) in [5, 5.41) is 5.94. The van der Waals surface area contributed by atoms with Gasteiger partial charge in [0.2, 0.25) is 11.8 Å². The lowest BCUT2D eigenvalue weighted by Crippen LogP contribution is -2.51. The smallest absolute Gasteiger partial charge is 0.238 e. The molecule has 1 aliphatic carbocycles. The predicted octanol–water partition coefficient (Wildman–Crippen LogP) is 1.13. The molecule has 2 aliphatic rings. The number of piperazine rings is 1. The summed E-state index contributed by atoms with van der Waals surface area (Å²) in [6.45, 7) is 4.16. The van der Waals surface area contributed by atoms with Crippen LogP contribution in [0.5, 0.6) is 0 Å². The number of nitrogens with zero attached hydrogens (tertiary/aromatic N) is 2. The van der Waals surface area contributed by atoms with Gasteiger partial charge in [-0.25, -0.2) is 0 Å². The van der Waals surface area contributed by atoms with Crippen LogP contribution in [0.1, 0.15) is 12.8 Å². The molecule has 0 atom stereocenters. The van der Waals surface area contributed by atoms with Gasteiger partial charge in [-0.05, 0) is 59.7 Å². The van der Waals surface area contributed by atoms with Crippen LogP contribution in [-0.2, 0) is 9.59 Å². The molecule has 1 saturated heterocycles. The van der Waals surface area contributed by atoms with Crippen molar-refractivity contribution in [1.29, 1.82) is 0 Å². The lowest BCUT2D eigenvalue weighted by molar-refractivity contribution is -0.123. The van der Waals surface area contributed by atoms with Gasteiger partial charge in [0.05, 0.1) is 13.1 Å². The van der Waals surface area contributed by atoms with E-state index < -0.39 is 0 Å². The Morgan fingerprint density at radius 1 is 0.958 bits per heavy atom. The highest BCUT2D eigenvalue weighted by atomic mass is 127. The first-order valence-electron chi connectivity index (χ1n) is 8.38. The van der Waals surface area contributed by atoms with Crippen molar-refractivity contribution < 1.29 is 9.59 Å². The van der Waals surface area contributed by atoms with Crippen molar-refractivity contribution in [2.45, 2.75) is 18.9 Å². The van der Waals surface area contributed by atoms with E-state index in [4.69, 9.17) is 0 Å². The van der Waals surface area contributed by atoms with Crippen LogP contribution >= 0.6 is 22.6 Å². The standard InChI is InChI=1S/C17H23IN4O2/c18-13-1-3-14(4-2-13)19-16(23)11-21-7-9-22(10-8-21)12-17(24)20-15-5-6-15/h1-4,15H,5-12H2,(H,19,23)(H,20,24). The van der Waals surface area contributed by atoms with Crippen molar-refractivity contribution in [2.24, 2.45) is 0 Å². The van der Waals surface area contributed by atoms with E-state index in [-0.39, 0.29) is 11.8 Å². The molecule has 130 valence electrons. The first-order chi connectivity index (χ1) is 11.6. The molecule has 3 rings (SSSR count). The van der Waals surface area contributed by atoms with Crippen molar-refractivity contribution in [1.82, 2.24) is 15.1 Å². The molecule has 1 aromatic rings. The van der Waals surface area contributed by atoms with Gasteiger partial charge < -0.3 is 10.6 Å². The number of rotatable bonds is 6. The summed E-state index contributed by atoms with van der Waals surface area (Å²) in [6.07, 6.45) is 2.24. The molecule has 7 heteroatoms. The Kier molecular flexibility index (Phi) is 6.07. The molecular weight excluding hydrogens is 419 g/mol. The number of amides is 2. The lowest BCUT2D eigenvalue weighted by atomic mass is 10.3. The second-order valence-corrected chi connectivity index (χ2v) is 7.69. The Balaban J connectivity index is 1.36. The van der Waals surface area contributed by atoms with Crippen LogP contribution in [0.3, 0.4) is 0 Å². The maximum absolute atomic E-state index is 12.1. The zero-order chi connectivity index (χ0) is 16.9. The van der Waals surface area contributed by atoms with Gasteiger partial charge in [0.25, 0.3) is 0 Å². The quantitative estimate of drug-likeness (QED) is 0.649. The number of nitrogens with one attached hydrogen (secondary N) is 2. The molecule has 1 heterocycles.